The first kappa shape index (κ1) is 70.3. The molecule has 4 aromatic rings. The first-order valence-corrected chi connectivity index (χ1v) is 36.0. The van der Waals surface area contributed by atoms with E-state index in [0.29, 0.717) is 53.9 Å². The van der Waals surface area contributed by atoms with E-state index >= 15 is 0 Å². The Morgan fingerprint density at radius 2 is 1.03 bits per heavy atom. The van der Waals surface area contributed by atoms with Crippen molar-refractivity contribution >= 4 is 35.8 Å². The van der Waals surface area contributed by atoms with E-state index < -0.39 is 147 Å². The summed E-state index contributed by atoms with van der Waals surface area (Å²) in [6.45, 7) is 15.1. The van der Waals surface area contributed by atoms with Gasteiger partial charge in [-0.15, -0.1) is 0 Å². The van der Waals surface area contributed by atoms with E-state index in [1.807, 2.05) is 30.3 Å². The summed E-state index contributed by atoms with van der Waals surface area (Å²) in [7, 11) is 0. The van der Waals surface area contributed by atoms with Gasteiger partial charge in [0.1, 0.15) is 24.4 Å². The lowest BCUT2D eigenvalue weighted by Crippen LogP contribution is -2.69. The zero-order valence-corrected chi connectivity index (χ0v) is 58.1. The molecule has 1 spiro atoms. The highest BCUT2D eigenvalue weighted by atomic mass is 16.8. The van der Waals surface area contributed by atoms with E-state index in [1.165, 1.54) is 20.8 Å². The van der Waals surface area contributed by atoms with Gasteiger partial charge >= 0.3 is 35.8 Å². The van der Waals surface area contributed by atoms with Gasteiger partial charge in [-0.3, -0.25) is 14.4 Å². The average Bonchev–Trinajstić information content (AvgIpc) is 1.50. The van der Waals surface area contributed by atoms with Crippen LogP contribution >= 0.6 is 0 Å². The second-order valence-corrected chi connectivity index (χ2v) is 30.0. The topological polar surface area (TPSA) is 250 Å². The number of hydrogen-bond acceptors (Lipinski definition) is 22. The molecule has 10 fully saturated rings. The number of ether oxygens (including phenoxy) is 16. The third-order valence-electron chi connectivity index (χ3n) is 23.9. The van der Waals surface area contributed by atoms with Gasteiger partial charge in [0, 0.05) is 38.7 Å². The Labute approximate surface area is 583 Å². The fourth-order valence-corrected chi connectivity index (χ4v) is 19.2. The van der Waals surface area contributed by atoms with E-state index in [0.717, 1.165) is 58.0 Å². The first-order valence-electron chi connectivity index (χ1n) is 36.0. The maximum atomic E-state index is 14.7. The third-order valence-corrected chi connectivity index (χ3v) is 23.9. The van der Waals surface area contributed by atoms with Crippen LogP contribution in [-0.2, 0) is 90.2 Å². The quantitative estimate of drug-likeness (QED) is 0.0574. The summed E-state index contributed by atoms with van der Waals surface area (Å²) in [6, 6.07) is 33.8. The molecule has 538 valence electrons. The number of rotatable bonds is 16. The van der Waals surface area contributed by atoms with E-state index in [9.17, 15) is 28.8 Å². The van der Waals surface area contributed by atoms with Crippen molar-refractivity contribution in [1.29, 1.82) is 0 Å². The Bertz CT molecular complexity index is 3540. The highest BCUT2D eigenvalue weighted by Gasteiger charge is 2.70. The molecule has 6 saturated heterocycles. The molecule has 6 aliphatic heterocycles. The standard InChI is InChI=1S/C78H94O22/c1-42-31-36-78(87-39-42)43(2)60-57(100-78)38-56-54-30-29-52-37-53(32-34-76(52,7)55(54)33-35-77(56,60)8)92-75-68(99-74-67(91-47(6)81)64(90-46(5)80)61(44(3)88-74)89-45(4)79)65(62-59(94-75)41-85-72(97-62)51-27-19-12-20-28-51)98-73-66(96-71(84)50-25-17-11-18-26-50)63(95-70(83)49-23-15-10-16-24-49)58(40-86-73)93-69(82)48-21-13-9-14-22-48/h9-28,42-44,52-68,72-75H,29-41H2,1-8H3/t42-,43+,44+,52?,53+,54-,55+,56+,57+,58+,59-,60+,61+,62+,63+,64-,65+,66-,67-,68-,72?,73+,74+,75-,76+,77+,78-/m1/s1. The maximum Gasteiger partial charge on any atom is 0.338 e. The number of fused-ring (bicyclic) bond motifs is 8. The van der Waals surface area contributed by atoms with Crippen LogP contribution in [-0.4, -0.2) is 160 Å². The van der Waals surface area contributed by atoms with E-state index in [2.05, 4.69) is 27.7 Å². The predicted octanol–water partition coefficient (Wildman–Crippen LogP) is 11.0. The third kappa shape index (κ3) is 13.9. The summed E-state index contributed by atoms with van der Waals surface area (Å²) in [5.41, 5.74) is 1.23. The molecular weight excluding hydrogens is 1290 g/mol. The summed E-state index contributed by atoms with van der Waals surface area (Å²) < 4.78 is 107. The molecule has 10 aliphatic rings. The normalized spacial score (nSPS) is 41.1. The van der Waals surface area contributed by atoms with Gasteiger partial charge in [-0.25, -0.2) is 14.4 Å². The van der Waals surface area contributed by atoms with Crippen molar-refractivity contribution in [3.63, 3.8) is 0 Å². The number of benzene rings is 4. The lowest BCUT2D eigenvalue weighted by molar-refractivity contribution is -0.414. The summed E-state index contributed by atoms with van der Waals surface area (Å²) in [4.78, 5) is 82.8. The lowest BCUT2D eigenvalue weighted by atomic mass is 9.44. The van der Waals surface area contributed by atoms with Crippen LogP contribution in [0.2, 0.25) is 0 Å². The fourth-order valence-electron chi connectivity index (χ4n) is 19.2. The SMILES string of the molecule is CC(=O)O[C@@H]1[C@@H](OC(C)=O)[C@H](C)O[C@@H](O[C@H]2[C@H](O[C@H]3CC[C@@]4(C)C(CC[C@H]5[C@@H]6C[C@@H]7O[C@]8(CC[C@@H](C)CO8)[C@@H](C)[C@@H]7[C@@]6(C)CC[C@@H]54)C3)O[C@@H]3COC(c4ccccc4)O[C@@H]3[C@@H]2O[C@@H]2OC[C@H](OC(=O)c3ccccc3)[C@H](OC(=O)c3ccccc3)[C@H]2OC(=O)c2ccccc2)[C@@H]1OC(C)=O. The van der Waals surface area contributed by atoms with Crippen LogP contribution in [0.1, 0.15) is 163 Å². The summed E-state index contributed by atoms with van der Waals surface area (Å²) in [6.07, 6.45) is -11.7. The van der Waals surface area contributed by atoms with Gasteiger partial charge in [0.05, 0.1) is 54.8 Å². The van der Waals surface area contributed by atoms with E-state index in [1.54, 1.807) is 97.9 Å². The van der Waals surface area contributed by atoms with Crippen LogP contribution in [0.3, 0.4) is 0 Å². The van der Waals surface area contributed by atoms with Crippen molar-refractivity contribution in [2.45, 2.75) is 230 Å². The molecule has 0 aromatic heterocycles. The van der Waals surface area contributed by atoms with Gasteiger partial charge in [-0.2, -0.15) is 0 Å². The van der Waals surface area contributed by atoms with Crippen molar-refractivity contribution < 1.29 is 105 Å². The minimum atomic E-state index is -1.73. The zero-order valence-electron chi connectivity index (χ0n) is 58.1. The first-order chi connectivity index (χ1) is 48.2. The highest BCUT2D eigenvalue weighted by Crippen LogP contribution is 2.71. The Hall–Kier alpha value is -6.70. The van der Waals surface area contributed by atoms with Gasteiger partial charge in [0.2, 0.25) is 0 Å². The van der Waals surface area contributed by atoms with Crippen molar-refractivity contribution in [3.8, 4) is 0 Å². The van der Waals surface area contributed by atoms with Crippen LogP contribution in [0, 0.1) is 52.3 Å². The molecule has 6 heterocycles. The molecule has 100 heavy (non-hydrogen) atoms. The Kier molecular flexibility index (Phi) is 20.5. The lowest BCUT2D eigenvalue weighted by Gasteiger charge is -2.61. The number of hydrogen-bond donors (Lipinski definition) is 0. The Morgan fingerprint density at radius 1 is 0.460 bits per heavy atom. The van der Waals surface area contributed by atoms with Crippen molar-refractivity contribution in [2.24, 2.45) is 52.3 Å². The van der Waals surface area contributed by atoms with Crippen molar-refractivity contribution in [2.75, 3.05) is 19.8 Å². The minimum absolute atomic E-state index is 0.00152. The molecule has 14 rings (SSSR count). The molecule has 0 N–H and O–H groups in total. The van der Waals surface area contributed by atoms with Gasteiger partial charge in [0.15, 0.2) is 67.6 Å². The number of carbonyl (C=O) groups excluding carboxylic acids is 6. The second kappa shape index (κ2) is 29.2. The molecule has 0 radical (unpaired) electrons. The van der Waals surface area contributed by atoms with Gasteiger partial charge < -0.3 is 75.8 Å². The molecular formula is C78H94O22. The van der Waals surface area contributed by atoms with Crippen LogP contribution in [0.5, 0.6) is 0 Å². The smallest absolute Gasteiger partial charge is 0.338 e. The minimum Gasteiger partial charge on any atom is -0.456 e. The largest absolute Gasteiger partial charge is 0.456 e. The molecule has 22 heteroatoms. The van der Waals surface area contributed by atoms with Crippen molar-refractivity contribution in [1.82, 2.24) is 0 Å². The van der Waals surface area contributed by atoms with Crippen LogP contribution in [0.4, 0.5) is 0 Å². The zero-order chi connectivity index (χ0) is 69.8. The summed E-state index contributed by atoms with van der Waals surface area (Å²) in [5, 5.41) is 0. The second-order valence-electron chi connectivity index (χ2n) is 30.0. The van der Waals surface area contributed by atoms with Gasteiger partial charge in [-0.1, -0.05) is 113 Å². The predicted molar refractivity (Wildman–Crippen MR) is 353 cm³/mol. The van der Waals surface area contributed by atoms with Crippen LogP contribution in [0.15, 0.2) is 121 Å². The molecule has 4 aliphatic carbocycles. The molecule has 4 aromatic carbocycles. The van der Waals surface area contributed by atoms with E-state index in [4.69, 9.17) is 75.8 Å². The Morgan fingerprint density at radius 3 is 1.66 bits per heavy atom. The number of carbonyl (C=O) groups is 6. The average molecular weight is 1380 g/mol. The molecule has 27 atom stereocenters. The van der Waals surface area contributed by atoms with Crippen molar-refractivity contribution in [3.05, 3.63) is 144 Å². The summed E-state index contributed by atoms with van der Waals surface area (Å²) >= 11 is 0. The van der Waals surface area contributed by atoms with Gasteiger partial charge in [0.25, 0.3) is 0 Å². The molecule has 0 bridgehead atoms. The molecule has 0 amide bonds. The highest BCUT2D eigenvalue weighted by molar-refractivity contribution is 5.91. The van der Waals surface area contributed by atoms with Crippen LogP contribution in [0.25, 0.3) is 0 Å². The van der Waals surface area contributed by atoms with Gasteiger partial charge in [-0.05, 0) is 147 Å². The number of esters is 6. The monoisotopic (exact) mass is 1380 g/mol. The van der Waals surface area contributed by atoms with E-state index in [-0.39, 0.29) is 46.1 Å². The fraction of sp³-hybridized carbons (Fsp3) is 0.615. The molecule has 22 nitrogen and oxygen atoms in total. The maximum absolute atomic E-state index is 14.7. The molecule has 4 saturated carbocycles. The van der Waals surface area contributed by atoms with Crippen LogP contribution < -0.4 is 0 Å². The molecule has 2 unspecified atom stereocenters. The Balaban J connectivity index is 0.822. The summed E-state index contributed by atoms with van der Waals surface area (Å²) in [5.74, 6) is -2.16.